The zero-order valence-corrected chi connectivity index (χ0v) is 13.2. The molecule has 22 heavy (non-hydrogen) atoms. The molecular formula is C18H21O4. The Hall–Kier alpha value is -2.20. The molecule has 0 aromatic heterocycles. The van der Waals surface area contributed by atoms with Gasteiger partial charge in [0.15, 0.2) is 11.5 Å². The maximum Gasteiger partial charge on any atom is 0.169 e. The zero-order chi connectivity index (χ0) is 15.8. The summed E-state index contributed by atoms with van der Waals surface area (Å²) in [4.78, 5) is 0. The molecule has 117 valence electrons. The molecule has 2 aromatic carbocycles. The van der Waals surface area contributed by atoms with Crippen molar-refractivity contribution in [3.05, 3.63) is 42.5 Å². The molecule has 0 atom stereocenters. The molecular weight excluding hydrogens is 280 g/mol. The number of hydrogen-bond acceptors (Lipinski definition) is 4. The molecule has 0 N–H and O–H groups in total. The van der Waals surface area contributed by atoms with Crippen LogP contribution in [0.15, 0.2) is 36.4 Å². The van der Waals surface area contributed by atoms with Crippen LogP contribution >= 0.6 is 0 Å². The van der Waals surface area contributed by atoms with E-state index in [0.29, 0.717) is 31.3 Å². The molecule has 0 aliphatic carbocycles. The lowest BCUT2D eigenvalue weighted by atomic mass is 10.0. The highest BCUT2D eigenvalue weighted by Crippen LogP contribution is 2.39. The molecule has 0 aliphatic heterocycles. The van der Waals surface area contributed by atoms with Gasteiger partial charge in [-0.25, -0.2) is 0 Å². The first kappa shape index (κ1) is 16.2. The van der Waals surface area contributed by atoms with Gasteiger partial charge in [0.2, 0.25) is 0 Å². The van der Waals surface area contributed by atoms with E-state index in [0.717, 1.165) is 16.9 Å². The van der Waals surface area contributed by atoms with Crippen LogP contribution in [-0.4, -0.2) is 34.0 Å². The lowest BCUT2D eigenvalue weighted by molar-refractivity contribution is 0.144. The van der Waals surface area contributed by atoms with E-state index < -0.39 is 0 Å². The quantitative estimate of drug-likeness (QED) is 0.698. The summed E-state index contributed by atoms with van der Waals surface area (Å²) in [6, 6.07) is 14.7. The van der Waals surface area contributed by atoms with Crippen molar-refractivity contribution in [3.63, 3.8) is 0 Å². The van der Waals surface area contributed by atoms with Crippen LogP contribution in [0.4, 0.5) is 0 Å². The molecule has 4 heteroatoms. The Morgan fingerprint density at radius 1 is 1.05 bits per heavy atom. The average Bonchev–Trinajstić information content (AvgIpc) is 2.56. The first-order chi connectivity index (χ1) is 10.8. The Kier molecular flexibility index (Phi) is 6.10. The molecule has 0 bridgehead atoms. The van der Waals surface area contributed by atoms with Gasteiger partial charge in [0.25, 0.3) is 0 Å². The fourth-order valence-corrected chi connectivity index (χ4v) is 2.10. The first-order valence-corrected chi connectivity index (χ1v) is 7.23. The van der Waals surface area contributed by atoms with Crippen LogP contribution in [0.5, 0.6) is 17.2 Å². The van der Waals surface area contributed by atoms with E-state index in [1.165, 1.54) is 0 Å². The fraction of sp³-hybridized carbons (Fsp3) is 0.333. The number of para-hydroxylation sites is 1. The highest BCUT2D eigenvalue weighted by molar-refractivity contribution is 5.74. The van der Waals surface area contributed by atoms with Crippen LogP contribution in [0.1, 0.15) is 6.92 Å². The summed E-state index contributed by atoms with van der Waals surface area (Å²) in [7, 11) is 3.29. The maximum atomic E-state index is 5.88. The minimum Gasteiger partial charge on any atom is -0.497 e. The minimum absolute atomic E-state index is 0.456. The summed E-state index contributed by atoms with van der Waals surface area (Å²) < 4.78 is 21.9. The van der Waals surface area contributed by atoms with Crippen LogP contribution in [0.2, 0.25) is 0 Å². The van der Waals surface area contributed by atoms with E-state index in [4.69, 9.17) is 18.9 Å². The van der Waals surface area contributed by atoms with Gasteiger partial charge in [-0.1, -0.05) is 18.2 Å². The smallest absolute Gasteiger partial charge is 0.169 e. The summed E-state index contributed by atoms with van der Waals surface area (Å²) in [6.45, 7) is 3.49. The number of methoxy groups -OCH3 is 2. The summed E-state index contributed by atoms with van der Waals surface area (Å²) in [5.74, 6) is 2.19. The largest absolute Gasteiger partial charge is 0.497 e. The van der Waals surface area contributed by atoms with Gasteiger partial charge in [-0.2, -0.15) is 0 Å². The predicted octanol–water partition coefficient (Wildman–Crippen LogP) is 3.59. The Morgan fingerprint density at radius 3 is 2.64 bits per heavy atom. The second-order valence-corrected chi connectivity index (χ2v) is 4.55. The van der Waals surface area contributed by atoms with Crippen molar-refractivity contribution < 1.29 is 18.9 Å². The highest BCUT2D eigenvalue weighted by Gasteiger charge is 2.13. The molecule has 1 radical (unpaired) electrons. The normalized spacial score (nSPS) is 10.3. The van der Waals surface area contributed by atoms with Crippen molar-refractivity contribution in [2.45, 2.75) is 6.92 Å². The first-order valence-electron chi connectivity index (χ1n) is 7.23. The van der Waals surface area contributed by atoms with E-state index in [-0.39, 0.29) is 0 Å². The summed E-state index contributed by atoms with van der Waals surface area (Å²) in [5.41, 5.74) is 1.81. The third-order valence-corrected chi connectivity index (χ3v) is 3.11. The molecule has 0 amide bonds. The Balaban J connectivity index is 2.41. The Bertz CT molecular complexity index is 595. The Morgan fingerprint density at radius 2 is 1.91 bits per heavy atom. The lowest BCUT2D eigenvalue weighted by Crippen LogP contribution is -2.07. The predicted molar refractivity (Wildman–Crippen MR) is 85.8 cm³/mol. The molecule has 0 aliphatic rings. The number of benzene rings is 2. The van der Waals surface area contributed by atoms with Crippen LogP contribution < -0.4 is 14.2 Å². The van der Waals surface area contributed by atoms with E-state index >= 15 is 0 Å². The molecule has 0 spiro atoms. The highest BCUT2D eigenvalue weighted by atomic mass is 16.5. The SMILES string of the molecule is CCOc1cccc(-c2[c]ccc(OC)c2)c1OCCOC. The number of ether oxygens (including phenoxy) is 4. The van der Waals surface area contributed by atoms with E-state index in [1.54, 1.807) is 14.2 Å². The third kappa shape index (κ3) is 3.92. The van der Waals surface area contributed by atoms with Crippen LogP contribution in [-0.2, 0) is 4.74 Å². The standard InChI is InChI=1S/C18H21O4/c1-4-21-17-10-6-9-16(18(17)22-12-11-19-2)14-7-5-8-15(13-14)20-3/h5-6,8-10,13H,4,11-12H2,1-3H3. The topological polar surface area (TPSA) is 36.9 Å². The molecule has 0 saturated carbocycles. The van der Waals surface area contributed by atoms with Gasteiger partial charge < -0.3 is 18.9 Å². The van der Waals surface area contributed by atoms with E-state index in [2.05, 4.69) is 6.07 Å². The monoisotopic (exact) mass is 301 g/mol. The van der Waals surface area contributed by atoms with Crippen molar-refractivity contribution in [1.29, 1.82) is 0 Å². The van der Waals surface area contributed by atoms with Crippen molar-refractivity contribution in [3.8, 4) is 28.4 Å². The van der Waals surface area contributed by atoms with Crippen molar-refractivity contribution >= 4 is 0 Å². The van der Waals surface area contributed by atoms with Gasteiger partial charge in [-0.05, 0) is 36.8 Å². The van der Waals surface area contributed by atoms with Crippen LogP contribution in [0.25, 0.3) is 11.1 Å². The summed E-state index contributed by atoms with van der Waals surface area (Å²) >= 11 is 0. The van der Waals surface area contributed by atoms with Gasteiger partial charge >= 0.3 is 0 Å². The zero-order valence-electron chi connectivity index (χ0n) is 13.2. The summed E-state index contributed by atoms with van der Waals surface area (Å²) in [5, 5.41) is 0. The Labute approximate surface area is 131 Å². The fourth-order valence-electron chi connectivity index (χ4n) is 2.10. The third-order valence-electron chi connectivity index (χ3n) is 3.11. The molecule has 4 nitrogen and oxygen atoms in total. The molecule has 0 fully saturated rings. The van der Waals surface area contributed by atoms with Crippen LogP contribution in [0, 0.1) is 6.07 Å². The van der Waals surface area contributed by atoms with Crippen LogP contribution in [0.3, 0.4) is 0 Å². The molecule has 0 heterocycles. The molecule has 2 rings (SSSR count). The second-order valence-electron chi connectivity index (χ2n) is 4.55. The maximum absolute atomic E-state index is 5.88. The number of rotatable bonds is 8. The molecule has 0 saturated heterocycles. The number of hydrogen-bond donors (Lipinski definition) is 0. The average molecular weight is 301 g/mol. The summed E-state index contributed by atoms with van der Waals surface area (Å²) in [6.07, 6.45) is 0. The van der Waals surface area contributed by atoms with Crippen molar-refractivity contribution in [2.24, 2.45) is 0 Å². The van der Waals surface area contributed by atoms with E-state index in [9.17, 15) is 0 Å². The van der Waals surface area contributed by atoms with Gasteiger partial charge in [0, 0.05) is 12.7 Å². The van der Waals surface area contributed by atoms with Gasteiger partial charge in [0.05, 0.1) is 20.3 Å². The second kappa shape index (κ2) is 8.29. The van der Waals surface area contributed by atoms with Crippen molar-refractivity contribution in [2.75, 3.05) is 34.0 Å². The van der Waals surface area contributed by atoms with E-state index in [1.807, 2.05) is 43.3 Å². The van der Waals surface area contributed by atoms with Crippen molar-refractivity contribution in [1.82, 2.24) is 0 Å². The minimum atomic E-state index is 0.456. The van der Waals surface area contributed by atoms with Gasteiger partial charge in [-0.15, -0.1) is 0 Å². The lowest BCUT2D eigenvalue weighted by Gasteiger charge is -2.16. The van der Waals surface area contributed by atoms with Gasteiger partial charge in [0.1, 0.15) is 12.4 Å². The molecule has 0 unspecified atom stereocenters. The molecule has 2 aromatic rings. The van der Waals surface area contributed by atoms with Gasteiger partial charge in [-0.3, -0.25) is 0 Å².